The van der Waals surface area contributed by atoms with Crippen molar-refractivity contribution in [1.29, 1.82) is 0 Å². The summed E-state index contributed by atoms with van der Waals surface area (Å²) in [5.41, 5.74) is 2.26. The van der Waals surface area contributed by atoms with E-state index in [1.54, 1.807) is 0 Å². The van der Waals surface area contributed by atoms with Gasteiger partial charge in [-0.3, -0.25) is 14.4 Å². The number of carbonyl (C=O) groups excluding carboxylic acids is 3. The molecule has 4 rings (SSSR count). The molecule has 5 atom stereocenters. The maximum atomic E-state index is 12.9. The van der Waals surface area contributed by atoms with Crippen molar-refractivity contribution in [2.75, 3.05) is 0 Å². The fourth-order valence-electron chi connectivity index (χ4n) is 6.67. The Labute approximate surface area is 165 Å². The minimum Gasteiger partial charge on any atom is -0.299 e. The Morgan fingerprint density at radius 2 is 1.93 bits per heavy atom. The third-order valence-electron chi connectivity index (χ3n) is 7.84. The van der Waals surface area contributed by atoms with Crippen LogP contribution in [-0.4, -0.2) is 16.7 Å². The van der Waals surface area contributed by atoms with E-state index in [1.807, 2.05) is 6.92 Å². The van der Waals surface area contributed by atoms with Crippen LogP contribution in [0.15, 0.2) is 34.3 Å². The Bertz CT molecular complexity index is 848. The molecule has 4 aliphatic carbocycles. The second-order valence-corrected chi connectivity index (χ2v) is 10.5. The molecule has 3 nitrogen and oxygen atoms in total. The molecule has 3 fully saturated rings. The van der Waals surface area contributed by atoms with Crippen molar-refractivity contribution in [2.45, 2.75) is 59.8 Å². The van der Waals surface area contributed by atoms with E-state index in [1.165, 1.54) is 6.92 Å². The van der Waals surface area contributed by atoms with E-state index in [9.17, 15) is 14.4 Å². The lowest BCUT2D eigenvalue weighted by atomic mass is 9.47. The zero-order chi connectivity index (χ0) is 19.7. The van der Waals surface area contributed by atoms with Gasteiger partial charge in [-0.15, -0.1) is 0 Å². The van der Waals surface area contributed by atoms with Gasteiger partial charge in [0.15, 0.2) is 10.9 Å². The number of hydrogen-bond donors (Lipinski definition) is 0. The summed E-state index contributed by atoms with van der Waals surface area (Å²) in [7, 11) is 0. The molecule has 0 radical (unpaired) electrons. The minimum atomic E-state index is -0.275. The van der Waals surface area contributed by atoms with Crippen LogP contribution in [0.5, 0.6) is 0 Å². The monoisotopic (exact) mass is 384 g/mol. The first-order valence-corrected chi connectivity index (χ1v) is 10.8. The van der Waals surface area contributed by atoms with Crippen LogP contribution in [0, 0.1) is 28.6 Å². The SMILES string of the molecule is C=C1C[C@@H]2[C@H](CC[C@]3(C)C(=O)CC[C@@H]23)[C@@]2(C)C=C(C)C(=O)C(SC(C)=O)=C12. The van der Waals surface area contributed by atoms with Gasteiger partial charge < -0.3 is 0 Å². The Morgan fingerprint density at radius 3 is 2.59 bits per heavy atom. The van der Waals surface area contributed by atoms with Gasteiger partial charge in [-0.1, -0.05) is 26.5 Å². The third-order valence-corrected chi connectivity index (χ3v) is 8.73. The largest absolute Gasteiger partial charge is 0.299 e. The number of allylic oxidation sites excluding steroid dienone is 5. The van der Waals surface area contributed by atoms with E-state index in [0.717, 1.165) is 54.2 Å². The summed E-state index contributed by atoms with van der Waals surface area (Å²) in [6.45, 7) is 12.1. The van der Waals surface area contributed by atoms with Gasteiger partial charge in [0, 0.05) is 24.2 Å². The first-order valence-electron chi connectivity index (χ1n) is 9.98. The highest BCUT2D eigenvalue weighted by molar-refractivity contribution is 8.17. The second-order valence-electron chi connectivity index (χ2n) is 9.34. The second kappa shape index (κ2) is 6.04. The number of fused-ring (bicyclic) bond motifs is 5. The third kappa shape index (κ3) is 2.52. The zero-order valence-corrected chi connectivity index (χ0v) is 17.5. The van der Waals surface area contributed by atoms with E-state index in [0.29, 0.717) is 34.9 Å². The van der Waals surface area contributed by atoms with Crippen molar-refractivity contribution >= 4 is 28.4 Å². The van der Waals surface area contributed by atoms with E-state index in [2.05, 4.69) is 26.5 Å². The molecule has 0 aromatic heterocycles. The summed E-state index contributed by atoms with van der Waals surface area (Å²) < 4.78 is 0. The van der Waals surface area contributed by atoms with Crippen LogP contribution in [0.25, 0.3) is 0 Å². The molecule has 144 valence electrons. The molecule has 0 amide bonds. The summed E-state index contributed by atoms with van der Waals surface area (Å²) in [6.07, 6.45) is 6.59. The Balaban J connectivity index is 1.84. The Hall–Kier alpha value is -1.42. The van der Waals surface area contributed by atoms with Crippen molar-refractivity contribution in [3.05, 3.63) is 34.3 Å². The molecule has 0 N–H and O–H groups in total. The molecule has 3 saturated carbocycles. The Morgan fingerprint density at radius 1 is 1.22 bits per heavy atom. The van der Waals surface area contributed by atoms with Crippen LogP contribution in [-0.2, 0) is 14.4 Å². The Kier molecular flexibility index (Phi) is 4.23. The highest BCUT2D eigenvalue weighted by atomic mass is 32.2. The number of carbonyl (C=O) groups is 3. The molecule has 0 aliphatic heterocycles. The van der Waals surface area contributed by atoms with Crippen LogP contribution in [0.2, 0.25) is 0 Å². The van der Waals surface area contributed by atoms with Crippen molar-refractivity contribution < 1.29 is 14.4 Å². The summed E-state index contributed by atoms with van der Waals surface area (Å²) >= 11 is 1.07. The zero-order valence-electron chi connectivity index (χ0n) is 16.7. The van der Waals surface area contributed by atoms with Gasteiger partial charge in [-0.05, 0) is 78.8 Å². The standard InChI is InChI=1S/C23H28O3S/c1-12-10-15-16-6-7-18(25)22(16,4)9-8-17(15)23(5)11-13(2)20(26)21(19(12)23)27-14(3)24/h11,15-17H,1,6-10H2,2-5H3/t15-,16-,17-,22-,23+/m0/s1. The molecule has 0 spiro atoms. The molecule has 0 aromatic carbocycles. The van der Waals surface area contributed by atoms with Crippen molar-refractivity contribution in [3.8, 4) is 0 Å². The fraction of sp³-hybridized carbons (Fsp3) is 0.609. The number of ketones is 2. The van der Waals surface area contributed by atoms with Gasteiger partial charge in [-0.25, -0.2) is 0 Å². The number of Topliss-reactive ketones (excluding diaryl/α,β-unsaturated/α-hetero) is 2. The van der Waals surface area contributed by atoms with Gasteiger partial charge in [0.05, 0.1) is 4.91 Å². The molecule has 0 bridgehead atoms. The van der Waals surface area contributed by atoms with Gasteiger partial charge in [0.1, 0.15) is 5.78 Å². The van der Waals surface area contributed by atoms with E-state index in [-0.39, 0.29) is 21.7 Å². The highest BCUT2D eigenvalue weighted by Gasteiger charge is 2.60. The minimum absolute atomic E-state index is 0.0287. The first kappa shape index (κ1) is 18.9. The first-order chi connectivity index (χ1) is 12.6. The molecule has 0 saturated heterocycles. The van der Waals surface area contributed by atoms with E-state index < -0.39 is 0 Å². The predicted molar refractivity (Wildman–Crippen MR) is 108 cm³/mol. The summed E-state index contributed by atoms with van der Waals surface area (Å²) in [4.78, 5) is 37.9. The molecule has 4 aliphatic rings. The molecule has 0 unspecified atom stereocenters. The number of thioether (sulfide) groups is 1. The van der Waals surface area contributed by atoms with Crippen LogP contribution < -0.4 is 0 Å². The fourth-order valence-corrected chi connectivity index (χ4v) is 7.68. The topological polar surface area (TPSA) is 51.2 Å². The summed E-state index contributed by atoms with van der Waals surface area (Å²) in [5, 5.41) is -0.0598. The molecule has 0 aromatic rings. The van der Waals surface area contributed by atoms with Crippen molar-refractivity contribution in [1.82, 2.24) is 0 Å². The van der Waals surface area contributed by atoms with Crippen LogP contribution in [0.4, 0.5) is 0 Å². The quantitative estimate of drug-likeness (QED) is 0.636. The average Bonchev–Trinajstić information content (AvgIpc) is 2.87. The smallest absolute Gasteiger partial charge is 0.195 e. The lowest BCUT2D eigenvalue weighted by molar-refractivity contribution is -0.131. The maximum absolute atomic E-state index is 12.9. The molecular formula is C23H28O3S. The highest BCUT2D eigenvalue weighted by Crippen LogP contribution is 2.65. The number of rotatable bonds is 1. The lowest BCUT2D eigenvalue weighted by Gasteiger charge is -2.56. The summed E-state index contributed by atoms with van der Waals surface area (Å²) in [6, 6.07) is 0. The molecule has 4 heteroatoms. The van der Waals surface area contributed by atoms with Crippen molar-refractivity contribution in [2.24, 2.45) is 28.6 Å². The molecule has 0 heterocycles. The van der Waals surface area contributed by atoms with Crippen LogP contribution in [0.1, 0.15) is 59.8 Å². The normalized spacial score (nSPS) is 41.1. The maximum Gasteiger partial charge on any atom is 0.195 e. The molecular weight excluding hydrogens is 356 g/mol. The number of hydrogen-bond acceptors (Lipinski definition) is 4. The molecule has 27 heavy (non-hydrogen) atoms. The van der Waals surface area contributed by atoms with Gasteiger partial charge in [-0.2, -0.15) is 0 Å². The van der Waals surface area contributed by atoms with Gasteiger partial charge >= 0.3 is 0 Å². The van der Waals surface area contributed by atoms with Crippen LogP contribution >= 0.6 is 11.8 Å². The van der Waals surface area contributed by atoms with E-state index >= 15 is 0 Å². The average molecular weight is 385 g/mol. The predicted octanol–water partition coefficient (Wildman–Crippen LogP) is 5.03. The van der Waals surface area contributed by atoms with Crippen LogP contribution in [0.3, 0.4) is 0 Å². The summed E-state index contributed by atoms with van der Waals surface area (Å²) in [5.74, 6) is 1.64. The van der Waals surface area contributed by atoms with Gasteiger partial charge in [0.2, 0.25) is 0 Å². The van der Waals surface area contributed by atoms with Gasteiger partial charge in [0.25, 0.3) is 0 Å². The van der Waals surface area contributed by atoms with Crippen molar-refractivity contribution in [3.63, 3.8) is 0 Å². The lowest BCUT2D eigenvalue weighted by Crippen LogP contribution is -2.50. The van der Waals surface area contributed by atoms with E-state index in [4.69, 9.17) is 0 Å².